The van der Waals surface area contributed by atoms with Gasteiger partial charge in [-0.05, 0) is 46.7 Å². The Kier molecular flexibility index (Phi) is 6.80. The van der Waals surface area contributed by atoms with E-state index < -0.39 is 8.56 Å². The lowest BCUT2D eigenvalue weighted by atomic mass is 10.5. The van der Waals surface area contributed by atoms with Gasteiger partial charge in [0.2, 0.25) is 0 Å². The summed E-state index contributed by atoms with van der Waals surface area (Å²) in [5.41, 5.74) is 0. The molecular weight excluding hydrogens is 248 g/mol. The van der Waals surface area contributed by atoms with Crippen LogP contribution in [0.2, 0.25) is 12.6 Å². The van der Waals surface area contributed by atoms with Gasteiger partial charge >= 0.3 is 8.56 Å². The highest BCUT2D eigenvalue weighted by atomic mass is 28.4. The molecule has 18 heavy (non-hydrogen) atoms. The Morgan fingerprint density at radius 3 is 2.17 bits per heavy atom. The van der Waals surface area contributed by atoms with Crippen LogP contribution in [0, 0.1) is 0 Å². The van der Waals surface area contributed by atoms with Crippen molar-refractivity contribution < 1.29 is 18.3 Å². The summed E-state index contributed by atoms with van der Waals surface area (Å²) in [7, 11) is -2.05. The van der Waals surface area contributed by atoms with Crippen LogP contribution in [0.3, 0.4) is 0 Å². The molecule has 1 aliphatic heterocycles. The first kappa shape index (κ1) is 16.1. The van der Waals surface area contributed by atoms with Gasteiger partial charge < -0.3 is 18.3 Å². The summed E-state index contributed by atoms with van der Waals surface area (Å²) >= 11 is 0. The maximum absolute atomic E-state index is 6.03. The second kappa shape index (κ2) is 7.60. The average molecular weight is 276 g/mol. The van der Waals surface area contributed by atoms with Crippen molar-refractivity contribution >= 4 is 8.56 Å². The fourth-order valence-electron chi connectivity index (χ4n) is 2.02. The number of hydrogen-bond acceptors (Lipinski definition) is 4. The summed E-state index contributed by atoms with van der Waals surface area (Å²) in [4.78, 5) is 0. The van der Waals surface area contributed by atoms with Crippen LogP contribution >= 0.6 is 0 Å². The lowest BCUT2D eigenvalue weighted by molar-refractivity contribution is 0.0966. The normalized spacial score (nSPS) is 19.8. The van der Waals surface area contributed by atoms with E-state index in [0.29, 0.717) is 6.10 Å². The molecule has 1 fully saturated rings. The first-order valence-electron chi connectivity index (χ1n) is 6.96. The Balaban J connectivity index is 2.20. The first-order valence-corrected chi connectivity index (χ1v) is 9.48. The van der Waals surface area contributed by atoms with E-state index in [2.05, 4.69) is 34.2 Å². The van der Waals surface area contributed by atoms with Crippen molar-refractivity contribution in [3.8, 4) is 0 Å². The number of epoxide rings is 1. The monoisotopic (exact) mass is 276 g/mol. The van der Waals surface area contributed by atoms with Gasteiger partial charge in [-0.3, -0.25) is 0 Å². The maximum Gasteiger partial charge on any atom is 0.335 e. The molecule has 0 saturated carbocycles. The van der Waals surface area contributed by atoms with Gasteiger partial charge in [0.05, 0.1) is 13.2 Å². The summed E-state index contributed by atoms with van der Waals surface area (Å²) in [5.74, 6) is 0. The molecule has 0 amide bonds. The third-order valence-corrected chi connectivity index (χ3v) is 5.80. The van der Waals surface area contributed by atoms with E-state index in [0.717, 1.165) is 32.3 Å². The third-order valence-electron chi connectivity index (χ3n) is 2.60. The highest BCUT2D eigenvalue weighted by Crippen LogP contribution is 2.20. The fraction of sp³-hybridized carbons (Fsp3) is 1.00. The molecule has 1 aliphatic rings. The zero-order valence-corrected chi connectivity index (χ0v) is 13.4. The van der Waals surface area contributed by atoms with Crippen molar-refractivity contribution in [2.75, 3.05) is 19.8 Å². The molecule has 4 nitrogen and oxygen atoms in total. The topological polar surface area (TPSA) is 40.2 Å². The largest absolute Gasteiger partial charge is 0.392 e. The summed E-state index contributed by atoms with van der Waals surface area (Å²) in [5, 5.41) is 0. The van der Waals surface area contributed by atoms with Crippen LogP contribution in [-0.4, -0.2) is 46.7 Å². The highest BCUT2D eigenvalue weighted by Gasteiger charge is 2.33. The van der Waals surface area contributed by atoms with Crippen LogP contribution in [0.1, 0.15) is 34.1 Å². The Morgan fingerprint density at radius 1 is 1.17 bits per heavy atom. The molecule has 0 aromatic rings. The van der Waals surface area contributed by atoms with Gasteiger partial charge in [0.25, 0.3) is 0 Å². The molecular formula is C13H28O4Si. The van der Waals surface area contributed by atoms with Crippen LogP contribution in [0.25, 0.3) is 0 Å². The zero-order valence-electron chi connectivity index (χ0n) is 12.4. The molecule has 108 valence electrons. The molecule has 0 aromatic carbocycles. The highest BCUT2D eigenvalue weighted by molar-refractivity contribution is 6.66. The Bertz CT molecular complexity index is 219. The molecule has 0 bridgehead atoms. The Hall–Kier alpha value is 0.0569. The summed E-state index contributed by atoms with van der Waals surface area (Å²) in [6, 6.07) is 0.981. The zero-order chi connectivity index (χ0) is 13.6. The van der Waals surface area contributed by atoms with Gasteiger partial charge in [-0.25, -0.2) is 0 Å². The minimum Gasteiger partial charge on any atom is -0.392 e. The van der Waals surface area contributed by atoms with Gasteiger partial charge in [-0.2, -0.15) is 0 Å². The van der Waals surface area contributed by atoms with E-state index in [9.17, 15) is 0 Å². The van der Waals surface area contributed by atoms with Gasteiger partial charge in [0, 0.05) is 18.8 Å². The Labute approximate surface area is 112 Å². The van der Waals surface area contributed by atoms with Gasteiger partial charge in [0.1, 0.15) is 6.10 Å². The second-order valence-electron chi connectivity index (χ2n) is 5.60. The Morgan fingerprint density at radius 2 is 1.72 bits per heavy atom. The maximum atomic E-state index is 6.03. The number of rotatable bonds is 10. The molecule has 1 heterocycles. The predicted octanol–water partition coefficient (Wildman–Crippen LogP) is 2.71. The van der Waals surface area contributed by atoms with E-state index in [-0.39, 0.29) is 12.2 Å². The van der Waals surface area contributed by atoms with Crippen molar-refractivity contribution in [3.05, 3.63) is 0 Å². The lowest BCUT2D eigenvalue weighted by Crippen LogP contribution is -2.43. The molecule has 0 spiro atoms. The van der Waals surface area contributed by atoms with Crippen LogP contribution in [0.4, 0.5) is 0 Å². The molecule has 0 aromatic heterocycles. The standard InChI is InChI=1S/C13H28O4Si/c1-11(2)16-18(5,17-12(3)4)8-6-7-14-9-13-10-15-13/h11-13H,6-10H2,1-5H3. The van der Waals surface area contributed by atoms with Crippen molar-refractivity contribution in [1.29, 1.82) is 0 Å². The molecule has 1 rings (SSSR count). The lowest BCUT2D eigenvalue weighted by Gasteiger charge is -2.31. The number of ether oxygens (including phenoxy) is 2. The fourth-order valence-corrected chi connectivity index (χ4v) is 5.09. The molecule has 1 unspecified atom stereocenters. The van der Waals surface area contributed by atoms with Crippen LogP contribution in [-0.2, 0) is 18.3 Å². The summed E-state index contributed by atoms with van der Waals surface area (Å²) in [6.07, 6.45) is 1.80. The van der Waals surface area contributed by atoms with Gasteiger partial charge in [-0.15, -0.1) is 0 Å². The third kappa shape index (κ3) is 7.48. The molecule has 0 radical (unpaired) electrons. The first-order chi connectivity index (χ1) is 8.41. The predicted molar refractivity (Wildman–Crippen MR) is 74.0 cm³/mol. The molecule has 0 N–H and O–H groups in total. The quantitative estimate of drug-likeness (QED) is 0.349. The molecule has 1 atom stereocenters. The van der Waals surface area contributed by atoms with E-state index >= 15 is 0 Å². The number of hydrogen-bond donors (Lipinski definition) is 0. The van der Waals surface area contributed by atoms with Gasteiger partial charge in [-0.1, -0.05) is 0 Å². The van der Waals surface area contributed by atoms with Crippen molar-refractivity contribution in [2.45, 2.75) is 65.0 Å². The van der Waals surface area contributed by atoms with Crippen molar-refractivity contribution in [1.82, 2.24) is 0 Å². The molecule has 0 aliphatic carbocycles. The van der Waals surface area contributed by atoms with Gasteiger partial charge in [0.15, 0.2) is 0 Å². The minimum atomic E-state index is -2.05. The molecule has 5 heteroatoms. The second-order valence-corrected chi connectivity index (χ2v) is 8.84. The van der Waals surface area contributed by atoms with Crippen LogP contribution < -0.4 is 0 Å². The van der Waals surface area contributed by atoms with Crippen LogP contribution in [0.5, 0.6) is 0 Å². The molecule has 1 saturated heterocycles. The van der Waals surface area contributed by atoms with E-state index in [1.807, 2.05) is 0 Å². The van der Waals surface area contributed by atoms with Crippen molar-refractivity contribution in [2.24, 2.45) is 0 Å². The van der Waals surface area contributed by atoms with Crippen LogP contribution in [0.15, 0.2) is 0 Å². The smallest absolute Gasteiger partial charge is 0.335 e. The summed E-state index contributed by atoms with van der Waals surface area (Å²) in [6.45, 7) is 12.8. The van der Waals surface area contributed by atoms with Crippen molar-refractivity contribution in [3.63, 3.8) is 0 Å². The summed E-state index contributed by atoms with van der Waals surface area (Å²) < 4.78 is 22.7. The average Bonchev–Trinajstić information content (AvgIpc) is 2.97. The SMILES string of the molecule is CC(C)O[Si](C)(CCCOCC1CO1)OC(C)C. The van der Waals surface area contributed by atoms with E-state index in [1.165, 1.54) is 0 Å². The van der Waals surface area contributed by atoms with E-state index in [4.69, 9.17) is 18.3 Å². The van der Waals surface area contributed by atoms with E-state index in [1.54, 1.807) is 0 Å². The minimum absolute atomic E-state index is 0.223.